The van der Waals surface area contributed by atoms with Crippen molar-refractivity contribution in [2.45, 2.75) is 87.9 Å². The molecule has 0 saturated heterocycles. The summed E-state index contributed by atoms with van der Waals surface area (Å²) in [5, 5.41) is 0. The van der Waals surface area contributed by atoms with Crippen LogP contribution in [0, 0.1) is 53.0 Å². The smallest absolute Gasteiger partial charge is 0.177 e. The Morgan fingerprint density at radius 3 is 1.21 bits per heavy atom. The zero-order valence-corrected chi connectivity index (χ0v) is 29.8. The van der Waals surface area contributed by atoms with Crippen molar-refractivity contribution in [2.75, 3.05) is 17.2 Å². The minimum atomic E-state index is -0.503. The van der Waals surface area contributed by atoms with E-state index >= 15 is 4.39 Å². The van der Waals surface area contributed by atoms with Crippen LogP contribution >= 0.6 is 0 Å². The number of ether oxygens (including phenoxy) is 3. The minimum absolute atomic E-state index is 0.131. The Balaban J connectivity index is 1.29. The van der Waals surface area contributed by atoms with Crippen molar-refractivity contribution in [1.29, 1.82) is 0 Å². The Hall–Kier alpha value is -4.53. The number of hydrogen-bond donors (Lipinski definition) is 3. The molecule has 8 aliphatic carbocycles. The van der Waals surface area contributed by atoms with E-state index in [9.17, 15) is 8.78 Å². The lowest BCUT2D eigenvalue weighted by atomic mass is 9.46. The first kappa shape index (κ1) is 33.1. The fraction of sp³-hybridized carbons (Fsp3) is 0.455. The standard InChI is InChI=1S/C44H46F3N3O3/c45-29-1-4-33(48)36(13-29)51-39-16-32(43-17-23-7-24(18-43)9-25(8-23)19-43)41(52-37-14-30(46)2-5-34(37)49)40(42(39)53-38-15-31(47)3-6-35(38)50)44-20-26-10-27(21-44)12-28(11-26)22-44/h1-6,13-16,23-28H,7-12,17-22,48-50H2. The molecule has 8 saturated carbocycles. The summed E-state index contributed by atoms with van der Waals surface area (Å²) in [4.78, 5) is 0. The first-order chi connectivity index (χ1) is 25.5. The van der Waals surface area contributed by atoms with Gasteiger partial charge in [0.2, 0.25) is 0 Å². The maximum absolute atomic E-state index is 15.0. The third-order valence-corrected chi connectivity index (χ3v) is 13.9. The summed E-state index contributed by atoms with van der Waals surface area (Å²) in [6.45, 7) is 0. The predicted octanol–water partition coefficient (Wildman–Crippen LogP) is 11.2. The van der Waals surface area contributed by atoms with Crippen LogP contribution in [0.5, 0.6) is 34.5 Å². The van der Waals surface area contributed by atoms with Crippen molar-refractivity contribution in [2.24, 2.45) is 35.5 Å². The van der Waals surface area contributed by atoms with Gasteiger partial charge >= 0.3 is 0 Å². The molecule has 276 valence electrons. The van der Waals surface area contributed by atoms with E-state index < -0.39 is 17.5 Å². The van der Waals surface area contributed by atoms with E-state index in [0.717, 1.165) is 49.7 Å². The largest absolute Gasteiger partial charge is 0.454 e. The van der Waals surface area contributed by atoms with Crippen molar-refractivity contribution in [1.82, 2.24) is 0 Å². The molecule has 0 aromatic heterocycles. The van der Waals surface area contributed by atoms with Crippen LogP contribution in [0.3, 0.4) is 0 Å². The molecule has 9 heteroatoms. The first-order valence-corrected chi connectivity index (χ1v) is 19.4. The number of rotatable bonds is 8. The molecule has 6 nitrogen and oxygen atoms in total. The van der Waals surface area contributed by atoms with Gasteiger partial charge in [-0.3, -0.25) is 0 Å². The van der Waals surface area contributed by atoms with E-state index in [0.29, 0.717) is 58.4 Å². The van der Waals surface area contributed by atoms with E-state index in [4.69, 9.17) is 31.4 Å². The highest BCUT2D eigenvalue weighted by Crippen LogP contribution is 2.69. The molecular formula is C44H46F3N3O3. The first-order valence-electron chi connectivity index (χ1n) is 19.4. The lowest BCUT2D eigenvalue weighted by Crippen LogP contribution is -2.50. The Kier molecular flexibility index (Phi) is 7.48. The number of anilines is 3. The number of nitrogen functional groups attached to an aromatic ring is 3. The monoisotopic (exact) mass is 721 g/mol. The highest BCUT2D eigenvalue weighted by molar-refractivity contribution is 5.69. The van der Waals surface area contributed by atoms with Gasteiger partial charge in [0.25, 0.3) is 0 Å². The van der Waals surface area contributed by atoms with E-state index in [1.807, 2.05) is 6.07 Å². The normalized spacial score (nSPS) is 31.9. The third kappa shape index (κ3) is 5.59. The van der Waals surface area contributed by atoms with Gasteiger partial charge in [0, 0.05) is 34.7 Å². The summed E-state index contributed by atoms with van der Waals surface area (Å²) in [6.07, 6.45) is 13.1. The molecule has 0 heterocycles. The van der Waals surface area contributed by atoms with E-state index in [-0.39, 0.29) is 39.5 Å². The Bertz CT molecular complexity index is 2060. The predicted molar refractivity (Wildman–Crippen MR) is 199 cm³/mol. The number of halogens is 3. The van der Waals surface area contributed by atoms with Crippen molar-refractivity contribution in [3.63, 3.8) is 0 Å². The molecule has 8 fully saturated rings. The maximum Gasteiger partial charge on any atom is 0.177 e. The zero-order chi connectivity index (χ0) is 36.2. The average molecular weight is 722 g/mol. The van der Waals surface area contributed by atoms with Crippen LogP contribution in [0.4, 0.5) is 30.2 Å². The Morgan fingerprint density at radius 1 is 0.434 bits per heavy atom. The van der Waals surface area contributed by atoms with Gasteiger partial charge in [-0.2, -0.15) is 0 Å². The molecule has 0 spiro atoms. The second-order valence-electron chi connectivity index (χ2n) is 17.7. The average Bonchev–Trinajstić information content (AvgIpc) is 3.09. The molecule has 0 radical (unpaired) electrons. The van der Waals surface area contributed by atoms with Crippen molar-refractivity contribution in [3.05, 3.63) is 89.2 Å². The fourth-order valence-electron chi connectivity index (χ4n) is 12.8. The third-order valence-electron chi connectivity index (χ3n) is 13.9. The number of benzene rings is 4. The molecule has 0 amide bonds. The van der Waals surface area contributed by atoms with Crippen LogP contribution in [0.25, 0.3) is 0 Å². The summed E-state index contributed by atoms with van der Waals surface area (Å²) >= 11 is 0. The lowest BCUT2D eigenvalue weighted by Gasteiger charge is -2.59. The number of hydrogen-bond acceptors (Lipinski definition) is 6. The minimum Gasteiger partial charge on any atom is -0.454 e. The Labute approximate surface area is 308 Å². The quantitative estimate of drug-likeness (QED) is 0.156. The van der Waals surface area contributed by atoms with Crippen LogP contribution in [0.15, 0.2) is 60.7 Å². The fourth-order valence-corrected chi connectivity index (χ4v) is 12.8. The number of nitrogens with two attached hydrogens (primary N) is 3. The van der Waals surface area contributed by atoms with Gasteiger partial charge in [-0.25, -0.2) is 13.2 Å². The summed E-state index contributed by atoms with van der Waals surface area (Å²) < 4.78 is 65.6. The van der Waals surface area contributed by atoms with Crippen LogP contribution in [0.2, 0.25) is 0 Å². The highest BCUT2D eigenvalue weighted by Gasteiger charge is 2.57. The molecule has 0 unspecified atom stereocenters. The molecule has 8 aliphatic rings. The van der Waals surface area contributed by atoms with Crippen molar-refractivity contribution >= 4 is 17.1 Å². The molecule has 53 heavy (non-hydrogen) atoms. The second kappa shape index (κ2) is 12.0. The molecule has 4 aromatic rings. The van der Waals surface area contributed by atoms with Crippen LogP contribution in [0.1, 0.15) is 88.2 Å². The van der Waals surface area contributed by atoms with Crippen LogP contribution < -0.4 is 31.4 Å². The summed E-state index contributed by atoms with van der Waals surface area (Å²) in [7, 11) is 0. The molecular weight excluding hydrogens is 675 g/mol. The van der Waals surface area contributed by atoms with Gasteiger partial charge in [0.05, 0.1) is 17.1 Å². The van der Waals surface area contributed by atoms with Gasteiger partial charge < -0.3 is 31.4 Å². The van der Waals surface area contributed by atoms with Gasteiger partial charge in [0.1, 0.15) is 23.2 Å². The van der Waals surface area contributed by atoms with Crippen LogP contribution in [-0.2, 0) is 10.8 Å². The molecule has 4 aromatic carbocycles. The van der Waals surface area contributed by atoms with E-state index in [1.54, 1.807) is 0 Å². The van der Waals surface area contributed by atoms with Gasteiger partial charge in [0.15, 0.2) is 28.7 Å². The lowest BCUT2D eigenvalue weighted by molar-refractivity contribution is -0.0107. The molecule has 6 N–H and O–H groups in total. The van der Waals surface area contributed by atoms with Crippen LogP contribution in [-0.4, -0.2) is 0 Å². The molecule has 8 bridgehead atoms. The summed E-state index contributed by atoms with van der Waals surface area (Å²) in [5.74, 6) is 3.80. The Morgan fingerprint density at radius 2 is 0.792 bits per heavy atom. The molecule has 0 aliphatic heterocycles. The summed E-state index contributed by atoms with van der Waals surface area (Å²) in [6, 6.07) is 14.3. The molecule has 0 atom stereocenters. The van der Waals surface area contributed by atoms with Gasteiger partial charge in [-0.15, -0.1) is 0 Å². The van der Waals surface area contributed by atoms with Gasteiger partial charge in [-0.1, -0.05) is 0 Å². The zero-order valence-electron chi connectivity index (χ0n) is 29.8. The van der Waals surface area contributed by atoms with Crippen molar-refractivity contribution < 1.29 is 27.4 Å². The topological polar surface area (TPSA) is 106 Å². The summed E-state index contributed by atoms with van der Waals surface area (Å²) in [5.41, 5.74) is 21.5. The van der Waals surface area contributed by atoms with E-state index in [2.05, 4.69) is 0 Å². The SMILES string of the molecule is Nc1ccc(F)cc1Oc1cc(C23CC4CC(CC(C4)C2)C3)c(Oc2cc(F)ccc2N)c(C23CC4CC(CC(C4)C2)C3)c1Oc1cc(F)ccc1N. The second-order valence-corrected chi connectivity index (χ2v) is 17.7. The molecule has 12 rings (SSSR count). The highest BCUT2D eigenvalue weighted by atomic mass is 19.1. The van der Waals surface area contributed by atoms with Gasteiger partial charge in [-0.05, 0) is 160 Å². The van der Waals surface area contributed by atoms with E-state index in [1.165, 1.54) is 93.1 Å². The maximum atomic E-state index is 15.0. The van der Waals surface area contributed by atoms with Crippen molar-refractivity contribution in [3.8, 4) is 34.5 Å².